The van der Waals surface area contributed by atoms with Crippen LogP contribution in [0.4, 0.5) is 5.82 Å². The van der Waals surface area contributed by atoms with Gasteiger partial charge in [-0.1, -0.05) is 0 Å². The molecule has 0 aromatic carbocycles. The molecule has 0 amide bonds. The highest BCUT2D eigenvalue weighted by atomic mass is 32.2. The zero-order valence-corrected chi connectivity index (χ0v) is 10.5. The van der Waals surface area contributed by atoms with E-state index in [0.717, 1.165) is 18.5 Å². The summed E-state index contributed by atoms with van der Waals surface area (Å²) in [5, 5.41) is 0. The number of piperidine rings is 1. The minimum Gasteiger partial charge on any atom is -0.382 e. The van der Waals surface area contributed by atoms with Crippen LogP contribution in [0.2, 0.25) is 0 Å². The van der Waals surface area contributed by atoms with E-state index in [0.29, 0.717) is 18.9 Å². The van der Waals surface area contributed by atoms with Gasteiger partial charge >= 0.3 is 0 Å². The number of nitrogens with two attached hydrogens (primary N) is 1. The third kappa shape index (κ3) is 2.73. The van der Waals surface area contributed by atoms with Gasteiger partial charge in [-0.15, -0.1) is 0 Å². The van der Waals surface area contributed by atoms with Crippen LogP contribution in [0.15, 0.2) is 12.4 Å². The Morgan fingerprint density at radius 2 is 1.88 bits per heavy atom. The molecule has 1 aromatic rings. The summed E-state index contributed by atoms with van der Waals surface area (Å²) in [5.74, 6) is 0.659. The molecule has 6 nitrogen and oxygen atoms in total. The van der Waals surface area contributed by atoms with Crippen LogP contribution >= 0.6 is 0 Å². The second-order valence-electron chi connectivity index (χ2n) is 4.26. The van der Waals surface area contributed by atoms with Gasteiger partial charge in [-0.3, -0.25) is 4.98 Å². The summed E-state index contributed by atoms with van der Waals surface area (Å²) in [6, 6.07) is 0. The molecule has 1 saturated heterocycles. The van der Waals surface area contributed by atoms with E-state index < -0.39 is 10.0 Å². The zero-order valence-electron chi connectivity index (χ0n) is 9.70. The lowest BCUT2D eigenvalue weighted by atomic mass is 9.94. The maximum Gasteiger partial charge on any atom is 0.211 e. The Hall–Kier alpha value is -1.21. The molecule has 17 heavy (non-hydrogen) atoms. The fourth-order valence-corrected chi connectivity index (χ4v) is 3.01. The highest BCUT2D eigenvalue weighted by Gasteiger charge is 2.27. The molecule has 1 aliphatic rings. The molecule has 1 aromatic heterocycles. The molecule has 1 aliphatic heterocycles. The lowest BCUT2D eigenvalue weighted by Crippen LogP contribution is -2.37. The Balaban J connectivity index is 2.08. The van der Waals surface area contributed by atoms with Crippen molar-refractivity contribution in [2.45, 2.75) is 18.8 Å². The average Bonchev–Trinajstić information content (AvgIpc) is 2.29. The van der Waals surface area contributed by atoms with Gasteiger partial charge in [0.15, 0.2) is 0 Å². The molecule has 0 saturated carbocycles. The van der Waals surface area contributed by atoms with Crippen molar-refractivity contribution in [3.05, 3.63) is 18.1 Å². The van der Waals surface area contributed by atoms with Crippen LogP contribution in [0.1, 0.15) is 24.5 Å². The molecule has 0 aliphatic carbocycles. The van der Waals surface area contributed by atoms with Gasteiger partial charge in [-0.25, -0.2) is 17.7 Å². The number of hydrogen-bond acceptors (Lipinski definition) is 5. The highest BCUT2D eigenvalue weighted by molar-refractivity contribution is 7.88. The number of sulfonamides is 1. The number of hydrogen-bond donors (Lipinski definition) is 1. The number of anilines is 1. The number of aromatic nitrogens is 2. The summed E-state index contributed by atoms with van der Waals surface area (Å²) < 4.78 is 24.2. The second kappa shape index (κ2) is 4.58. The molecule has 0 unspecified atom stereocenters. The first kappa shape index (κ1) is 12.3. The summed E-state index contributed by atoms with van der Waals surface area (Å²) in [6.45, 7) is 1.05. The minimum atomic E-state index is -3.08. The third-order valence-corrected chi connectivity index (χ3v) is 4.37. The van der Waals surface area contributed by atoms with E-state index in [9.17, 15) is 8.42 Å². The van der Waals surface area contributed by atoms with Crippen molar-refractivity contribution in [1.82, 2.24) is 14.3 Å². The topological polar surface area (TPSA) is 89.2 Å². The lowest BCUT2D eigenvalue weighted by molar-refractivity contribution is 0.319. The molecule has 7 heteroatoms. The van der Waals surface area contributed by atoms with Crippen LogP contribution in [0.25, 0.3) is 0 Å². The van der Waals surface area contributed by atoms with Crippen molar-refractivity contribution in [2.24, 2.45) is 0 Å². The number of rotatable bonds is 2. The van der Waals surface area contributed by atoms with Crippen molar-refractivity contribution in [3.8, 4) is 0 Å². The van der Waals surface area contributed by atoms with Gasteiger partial charge in [0, 0.05) is 31.4 Å². The molecule has 1 fully saturated rings. The summed E-state index contributed by atoms with van der Waals surface area (Å²) in [6.07, 6.45) is 5.91. The number of nitrogen functional groups attached to an aromatic ring is 1. The molecule has 0 atom stereocenters. The van der Waals surface area contributed by atoms with E-state index in [2.05, 4.69) is 9.97 Å². The molecular weight excluding hydrogens is 240 g/mol. The maximum absolute atomic E-state index is 11.4. The van der Waals surface area contributed by atoms with Crippen LogP contribution in [-0.4, -0.2) is 42.0 Å². The fraction of sp³-hybridized carbons (Fsp3) is 0.600. The molecule has 0 spiro atoms. The molecular formula is C10H16N4O2S. The van der Waals surface area contributed by atoms with Crippen molar-refractivity contribution >= 4 is 15.8 Å². The van der Waals surface area contributed by atoms with Crippen LogP contribution in [0.3, 0.4) is 0 Å². The minimum absolute atomic E-state index is 0.210. The molecule has 2 N–H and O–H groups in total. The van der Waals surface area contributed by atoms with E-state index in [4.69, 9.17) is 5.73 Å². The van der Waals surface area contributed by atoms with Crippen LogP contribution in [-0.2, 0) is 10.0 Å². The Labute approximate surface area is 101 Å². The molecule has 2 rings (SSSR count). The molecule has 94 valence electrons. The largest absolute Gasteiger partial charge is 0.382 e. The normalized spacial score (nSPS) is 19.4. The standard InChI is InChI=1S/C10H16N4O2S/c1-17(15,16)14-6-2-8(3-7-14)9-10(11)13-5-4-12-9/h4-5,8H,2-3,6-7H2,1H3,(H2,11,13). The zero-order chi connectivity index (χ0) is 12.5. The maximum atomic E-state index is 11.4. The van der Waals surface area contributed by atoms with Gasteiger partial charge in [0.1, 0.15) is 5.82 Å². The molecule has 2 heterocycles. The Morgan fingerprint density at radius 3 is 2.41 bits per heavy atom. The fourth-order valence-electron chi connectivity index (χ4n) is 2.13. The quantitative estimate of drug-likeness (QED) is 0.816. The summed E-state index contributed by atoms with van der Waals surface area (Å²) in [4.78, 5) is 8.24. The van der Waals surface area contributed by atoms with Crippen LogP contribution in [0.5, 0.6) is 0 Å². The highest BCUT2D eigenvalue weighted by Crippen LogP contribution is 2.29. The van der Waals surface area contributed by atoms with Crippen LogP contribution in [0, 0.1) is 0 Å². The second-order valence-corrected chi connectivity index (χ2v) is 6.25. The SMILES string of the molecule is CS(=O)(=O)N1CCC(c2nccnc2N)CC1. The van der Waals surface area contributed by atoms with Gasteiger partial charge in [0.2, 0.25) is 10.0 Å². The lowest BCUT2D eigenvalue weighted by Gasteiger charge is -2.29. The van der Waals surface area contributed by atoms with Gasteiger partial charge in [0.25, 0.3) is 0 Å². The van der Waals surface area contributed by atoms with Crippen molar-refractivity contribution in [3.63, 3.8) is 0 Å². The predicted octanol–water partition coefficient (Wildman–Crippen LogP) is 0.198. The predicted molar refractivity (Wildman–Crippen MR) is 64.8 cm³/mol. The van der Waals surface area contributed by atoms with Gasteiger partial charge in [-0.2, -0.15) is 0 Å². The van der Waals surface area contributed by atoms with Gasteiger partial charge in [-0.05, 0) is 12.8 Å². The van der Waals surface area contributed by atoms with Crippen molar-refractivity contribution in [1.29, 1.82) is 0 Å². The van der Waals surface area contributed by atoms with Crippen LogP contribution < -0.4 is 5.73 Å². The molecule has 0 bridgehead atoms. The Bertz CT molecular complexity index is 495. The summed E-state index contributed by atoms with van der Waals surface area (Å²) in [5.41, 5.74) is 6.56. The van der Waals surface area contributed by atoms with E-state index in [1.165, 1.54) is 10.6 Å². The van der Waals surface area contributed by atoms with E-state index in [1.807, 2.05) is 0 Å². The first-order valence-electron chi connectivity index (χ1n) is 5.50. The summed E-state index contributed by atoms with van der Waals surface area (Å²) in [7, 11) is -3.08. The van der Waals surface area contributed by atoms with Gasteiger partial charge < -0.3 is 5.73 Å². The van der Waals surface area contributed by atoms with E-state index in [1.54, 1.807) is 12.4 Å². The Kier molecular flexibility index (Phi) is 3.30. The smallest absolute Gasteiger partial charge is 0.211 e. The van der Waals surface area contributed by atoms with E-state index >= 15 is 0 Å². The third-order valence-electron chi connectivity index (χ3n) is 3.07. The van der Waals surface area contributed by atoms with E-state index in [-0.39, 0.29) is 5.92 Å². The summed E-state index contributed by atoms with van der Waals surface area (Å²) >= 11 is 0. The average molecular weight is 256 g/mol. The Morgan fingerprint density at radius 1 is 1.29 bits per heavy atom. The first-order chi connectivity index (χ1) is 7.98. The van der Waals surface area contributed by atoms with Crippen molar-refractivity contribution < 1.29 is 8.42 Å². The van der Waals surface area contributed by atoms with Crippen molar-refractivity contribution in [2.75, 3.05) is 25.1 Å². The first-order valence-corrected chi connectivity index (χ1v) is 7.35. The molecule has 0 radical (unpaired) electrons. The van der Waals surface area contributed by atoms with Gasteiger partial charge in [0.05, 0.1) is 11.9 Å². The monoisotopic (exact) mass is 256 g/mol. The number of nitrogens with zero attached hydrogens (tertiary/aromatic N) is 3.